The molecule has 1 rings (SSSR count). The summed E-state index contributed by atoms with van der Waals surface area (Å²) in [5.74, 6) is 3.32. The van der Waals surface area contributed by atoms with Crippen LogP contribution < -0.4 is 5.32 Å². The van der Waals surface area contributed by atoms with Crippen LogP contribution in [0.25, 0.3) is 0 Å². The standard InChI is InChI=1S/C17H27NOSi/c1-5-16(12-9-13-20(2,3)4)18-17(14-19)15-10-7-6-8-11-15/h6-8,10-11,16-19H,5,12,14H2,1-4H3/t16-,17-/m1/s1. The van der Waals surface area contributed by atoms with Crippen LogP contribution in [0, 0.1) is 11.5 Å². The first kappa shape index (κ1) is 17.0. The van der Waals surface area contributed by atoms with Crippen molar-refractivity contribution in [3.8, 4) is 11.5 Å². The molecule has 1 aromatic carbocycles. The minimum atomic E-state index is -1.29. The van der Waals surface area contributed by atoms with Gasteiger partial charge in [0.1, 0.15) is 8.07 Å². The Labute approximate surface area is 124 Å². The van der Waals surface area contributed by atoms with E-state index in [2.05, 4.69) is 43.3 Å². The maximum Gasteiger partial charge on any atom is 0.129 e. The molecule has 20 heavy (non-hydrogen) atoms. The third-order valence-corrected chi connectivity index (χ3v) is 4.05. The van der Waals surface area contributed by atoms with E-state index in [1.807, 2.05) is 30.3 Å². The molecule has 2 nitrogen and oxygen atoms in total. The van der Waals surface area contributed by atoms with Crippen LogP contribution in [0.5, 0.6) is 0 Å². The molecular weight excluding hydrogens is 262 g/mol. The molecule has 0 amide bonds. The third kappa shape index (κ3) is 6.38. The number of aliphatic hydroxyl groups excluding tert-OH is 1. The zero-order valence-electron chi connectivity index (χ0n) is 13.1. The SMILES string of the molecule is CC[C@H](CC#C[Si](C)(C)C)N[C@H](CO)c1ccccc1. The third-order valence-electron chi connectivity index (χ3n) is 3.13. The van der Waals surface area contributed by atoms with E-state index in [9.17, 15) is 5.11 Å². The average molecular weight is 289 g/mol. The van der Waals surface area contributed by atoms with Crippen LogP contribution in [-0.2, 0) is 0 Å². The lowest BCUT2D eigenvalue weighted by molar-refractivity contribution is 0.232. The molecule has 0 bridgehead atoms. The summed E-state index contributed by atoms with van der Waals surface area (Å²) in [4.78, 5) is 0. The molecule has 1 aromatic rings. The van der Waals surface area contributed by atoms with Crippen LogP contribution in [0.15, 0.2) is 30.3 Å². The zero-order valence-corrected chi connectivity index (χ0v) is 14.1. The highest BCUT2D eigenvalue weighted by atomic mass is 28.3. The van der Waals surface area contributed by atoms with Crippen molar-refractivity contribution in [1.29, 1.82) is 0 Å². The number of hydrogen-bond acceptors (Lipinski definition) is 2. The van der Waals surface area contributed by atoms with E-state index in [-0.39, 0.29) is 12.6 Å². The first-order valence-electron chi connectivity index (χ1n) is 7.38. The summed E-state index contributed by atoms with van der Waals surface area (Å²) in [7, 11) is -1.29. The first-order valence-corrected chi connectivity index (χ1v) is 10.9. The lowest BCUT2D eigenvalue weighted by atomic mass is 10.0. The summed E-state index contributed by atoms with van der Waals surface area (Å²) < 4.78 is 0. The van der Waals surface area contributed by atoms with Crippen molar-refractivity contribution in [2.45, 2.75) is 51.5 Å². The molecule has 0 fully saturated rings. The van der Waals surface area contributed by atoms with Gasteiger partial charge in [-0.3, -0.25) is 0 Å². The summed E-state index contributed by atoms with van der Waals surface area (Å²) in [6, 6.07) is 10.4. The van der Waals surface area contributed by atoms with Crippen molar-refractivity contribution in [2.75, 3.05) is 6.61 Å². The molecule has 0 spiro atoms. The molecular formula is C17H27NOSi. The molecule has 0 aliphatic carbocycles. The maximum atomic E-state index is 9.59. The van der Waals surface area contributed by atoms with Gasteiger partial charge >= 0.3 is 0 Å². The Bertz CT molecular complexity index is 442. The number of hydrogen-bond donors (Lipinski definition) is 2. The van der Waals surface area contributed by atoms with Gasteiger partial charge in [0.15, 0.2) is 0 Å². The molecule has 0 aliphatic rings. The maximum absolute atomic E-state index is 9.59. The van der Waals surface area contributed by atoms with Crippen LogP contribution in [0.2, 0.25) is 19.6 Å². The normalized spacial score (nSPS) is 14.2. The number of nitrogens with one attached hydrogen (secondary N) is 1. The monoisotopic (exact) mass is 289 g/mol. The van der Waals surface area contributed by atoms with Crippen LogP contribution >= 0.6 is 0 Å². The van der Waals surface area contributed by atoms with E-state index in [0.29, 0.717) is 6.04 Å². The van der Waals surface area contributed by atoms with Crippen molar-refractivity contribution in [2.24, 2.45) is 0 Å². The number of benzene rings is 1. The van der Waals surface area contributed by atoms with Crippen molar-refractivity contribution in [3.63, 3.8) is 0 Å². The molecule has 0 radical (unpaired) electrons. The smallest absolute Gasteiger partial charge is 0.129 e. The van der Waals surface area contributed by atoms with Gasteiger partial charge in [0.05, 0.1) is 12.6 Å². The average Bonchev–Trinajstić information content (AvgIpc) is 2.42. The molecule has 0 saturated carbocycles. The lowest BCUT2D eigenvalue weighted by Crippen LogP contribution is -2.34. The van der Waals surface area contributed by atoms with Crippen molar-refractivity contribution in [3.05, 3.63) is 35.9 Å². The quantitative estimate of drug-likeness (QED) is 0.622. The highest BCUT2D eigenvalue weighted by Crippen LogP contribution is 2.14. The topological polar surface area (TPSA) is 32.3 Å². The molecule has 0 heterocycles. The summed E-state index contributed by atoms with van der Waals surface area (Å²) >= 11 is 0. The van der Waals surface area contributed by atoms with Crippen molar-refractivity contribution < 1.29 is 5.11 Å². The molecule has 0 aliphatic heterocycles. The van der Waals surface area contributed by atoms with Gasteiger partial charge in [-0.05, 0) is 12.0 Å². The second-order valence-corrected chi connectivity index (χ2v) is 10.9. The lowest BCUT2D eigenvalue weighted by Gasteiger charge is -2.22. The minimum Gasteiger partial charge on any atom is -0.394 e. The van der Waals surface area contributed by atoms with Gasteiger partial charge in [0, 0.05) is 12.5 Å². The molecule has 110 valence electrons. The van der Waals surface area contributed by atoms with E-state index in [4.69, 9.17) is 0 Å². The number of aliphatic hydroxyl groups is 1. The zero-order chi connectivity index (χ0) is 15.0. The predicted molar refractivity (Wildman–Crippen MR) is 89.2 cm³/mol. The Balaban J connectivity index is 2.64. The fourth-order valence-electron chi connectivity index (χ4n) is 1.98. The Morgan fingerprint density at radius 1 is 1.20 bits per heavy atom. The van der Waals surface area contributed by atoms with Crippen LogP contribution in [-0.4, -0.2) is 25.8 Å². The van der Waals surface area contributed by atoms with E-state index in [1.54, 1.807) is 0 Å². The molecule has 0 unspecified atom stereocenters. The van der Waals surface area contributed by atoms with E-state index in [1.165, 1.54) is 0 Å². The highest BCUT2D eigenvalue weighted by Gasteiger charge is 2.14. The summed E-state index contributed by atoms with van der Waals surface area (Å²) in [5.41, 5.74) is 4.54. The largest absolute Gasteiger partial charge is 0.394 e. The van der Waals surface area contributed by atoms with E-state index < -0.39 is 8.07 Å². The van der Waals surface area contributed by atoms with Crippen molar-refractivity contribution in [1.82, 2.24) is 5.32 Å². The van der Waals surface area contributed by atoms with E-state index in [0.717, 1.165) is 18.4 Å². The van der Waals surface area contributed by atoms with Gasteiger partial charge in [-0.1, -0.05) is 56.9 Å². The molecule has 0 saturated heterocycles. The predicted octanol–water partition coefficient (Wildman–Crippen LogP) is 3.36. The summed E-state index contributed by atoms with van der Waals surface area (Å²) in [6.07, 6.45) is 1.87. The van der Waals surface area contributed by atoms with Crippen LogP contribution in [0.4, 0.5) is 0 Å². The van der Waals surface area contributed by atoms with Gasteiger partial charge in [-0.2, -0.15) is 0 Å². The Morgan fingerprint density at radius 3 is 2.35 bits per heavy atom. The first-order chi connectivity index (χ1) is 9.46. The Kier molecular flexibility index (Phi) is 7.01. The summed E-state index contributed by atoms with van der Waals surface area (Å²) in [6.45, 7) is 9.05. The fraction of sp³-hybridized carbons (Fsp3) is 0.529. The van der Waals surface area contributed by atoms with Crippen LogP contribution in [0.1, 0.15) is 31.4 Å². The van der Waals surface area contributed by atoms with Gasteiger partial charge < -0.3 is 10.4 Å². The van der Waals surface area contributed by atoms with Crippen LogP contribution in [0.3, 0.4) is 0 Å². The van der Waals surface area contributed by atoms with Gasteiger partial charge in [-0.15, -0.1) is 11.5 Å². The van der Waals surface area contributed by atoms with E-state index >= 15 is 0 Å². The Morgan fingerprint density at radius 2 is 1.85 bits per heavy atom. The van der Waals surface area contributed by atoms with Gasteiger partial charge in [0.2, 0.25) is 0 Å². The van der Waals surface area contributed by atoms with Crippen molar-refractivity contribution >= 4 is 8.07 Å². The molecule has 0 aromatic heterocycles. The molecule has 2 N–H and O–H groups in total. The number of rotatable bonds is 6. The summed E-state index contributed by atoms with van der Waals surface area (Å²) in [5, 5.41) is 13.1. The molecule has 3 heteroatoms. The second kappa shape index (κ2) is 8.26. The van der Waals surface area contributed by atoms with Gasteiger partial charge in [-0.25, -0.2) is 0 Å². The minimum absolute atomic E-state index is 0.00479. The molecule has 2 atom stereocenters. The fourth-order valence-corrected chi connectivity index (χ4v) is 2.62. The highest BCUT2D eigenvalue weighted by molar-refractivity contribution is 6.83. The second-order valence-electron chi connectivity index (χ2n) is 6.17. The Hall–Kier alpha value is -1.08. The van der Waals surface area contributed by atoms with Gasteiger partial charge in [0.25, 0.3) is 0 Å².